The Morgan fingerprint density at radius 3 is 2.88 bits per heavy atom. The van der Waals surface area contributed by atoms with Crippen LogP contribution in [0.25, 0.3) is 6.08 Å². The second-order valence-electron chi connectivity index (χ2n) is 6.39. The molecule has 126 valence electrons. The average Bonchev–Trinajstić information content (AvgIpc) is 3.29. The third-order valence-corrected chi connectivity index (χ3v) is 6.18. The Hall–Kier alpha value is -1.53. The van der Waals surface area contributed by atoms with E-state index >= 15 is 0 Å². The van der Waals surface area contributed by atoms with Crippen molar-refractivity contribution in [2.45, 2.75) is 32.1 Å². The van der Waals surface area contributed by atoms with Gasteiger partial charge < -0.3 is 9.47 Å². The van der Waals surface area contributed by atoms with Gasteiger partial charge in [-0.1, -0.05) is 55.7 Å². The van der Waals surface area contributed by atoms with Gasteiger partial charge in [-0.05, 0) is 36.1 Å². The van der Waals surface area contributed by atoms with E-state index in [1.54, 1.807) is 4.90 Å². The van der Waals surface area contributed by atoms with Crippen molar-refractivity contribution in [3.63, 3.8) is 0 Å². The number of carbonyl (C=O) groups excluding carboxylic acids is 1. The van der Waals surface area contributed by atoms with Crippen molar-refractivity contribution in [3.05, 3.63) is 28.7 Å². The highest BCUT2D eigenvalue weighted by atomic mass is 32.2. The first-order chi connectivity index (χ1) is 11.7. The molecule has 1 aliphatic carbocycles. The topological polar surface area (TPSA) is 38.8 Å². The van der Waals surface area contributed by atoms with Crippen LogP contribution in [0.2, 0.25) is 0 Å². The van der Waals surface area contributed by atoms with Gasteiger partial charge in [0.25, 0.3) is 5.91 Å². The molecule has 2 fully saturated rings. The fourth-order valence-electron chi connectivity index (χ4n) is 3.46. The van der Waals surface area contributed by atoms with Crippen LogP contribution in [0.5, 0.6) is 11.5 Å². The van der Waals surface area contributed by atoms with Crippen molar-refractivity contribution >= 4 is 40.3 Å². The summed E-state index contributed by atoms with van der Waals surface area (Å²) in [7, 11) is 0. The van der Waals surface area contributed by atoms with Gasteiger partial charge in [-0.3, -0.25) is 9.69 Å². The zero-order valence-corrected chi connectivity index (χ0v) is 15.0. The molecule has 24 heavy (non-hydrogen) atoms. The molecule has 0 unspecified atom stereocenters. The maximum atomic E-state index is 12.7. The number of carbonyl (C=O) groups is 1. The quantitative estimate of drug-likeness (QED) is 0.594. The number of fused-ring (bicyclic) bond motifs is 1. The molecule has 0 bridgehead atoms. The van der Waals surface area contributed by atoms with Gasteiger partial charge in [0.2, 0.25) is 6.79 Å². The molecule has 1 aromatic carbocycles. The molecule has 0 aromatic heterocycles. The number of rotatable bonds is 4. The van der Waals surface area contributed by atoms with E-state index in [1.807, 2.05) is 24.3 Å². The monoisotopic (exact) mass is 361 g/mol. The van der Waals surface area contributed by atoms with E-state index in [0.717, 1.165) is 35.9 Å². The number of benzene rings is 1. The van der Waals surface area contributed by atoms with E-state index in [0.29, 0.717) is 9.23 Å². The first kappa shape index (κ1) is 16.0. The number of ether oxygens (including phenoxy) is 2. The molecule has 4 rings (SSSR count). The van der Waals surface area contributed by atoms with Crippen LogP contribution in [0, 0.1) is 5.92 Å². The Balaban J connectivity index is 1.46. The Kier molecular flexibility index (Phi) is 4.50. The molecule has 2 heterocycles. The molecule has 1 aromatic rings. The minimum atomic E-state index is 0.0284. The standard InChI is InChI=1S/C18H19NO3S2/c20-17-16(10-13-5-6-14-15(9-13)22-11-21-14)24-18(23)19(17)8-7-12-3-1-2-4-12/h5-6,9-10,12H,1-4,7-8,11H2. The Labute approximate surface area is 151 Å². The van der Waals surface area contributed by atoms with Crippen LogP contribution in [0.1, 0.15) is 37.7 Å². The average molecular weight is 361 g/mol. The van der Waals surface area contributed by atoms with Crippen molar-refractivity contribution in [3.8, 4) is 11.5 Å². The predicted molar refractivity (Wildman–Crippen MR) is 99.0 cm³/mol. The van der Waals surface area contributed by atoms with Crippen LogP contribution >= 0.6 is 24.0 Å². The van der Waals surface area contributed by atoms with Crippen molar-refractivity contribution in [2.75, 3.05) is 13.3 Å². The summed E-state index contributed by atoms with van der Waals surface area (Å²) in [6.45, 7) is 0.996. The summed E-state index contributed by atoms with van der Waals surface area (Å²) in [6.07, 6.45) is 8.18. The van der Waals surface area contributed by atoms with E-state index in [-0.39, 0.29) is 12.7 Å². The van der Waals surface area contributed by atoms with Crippen molar-refractivity contribution < 1.29 is 14.3 Å². The molecular weight excluding hydrogens is 342 g/mol. The summed E-state index contributed by atoms with van der Waals surface area (Å²) >= 11 is 6.80. The molecule has 0 radical (unpaired) electrons. The molecule has 0 spiro atoms. The smallest absolute Gasteiger partial charge is 0.266 e. The van der Waals surface area contributed by atoms with Gasteiger partial charge in [-0.15, -0.1) is 0 Å². The zero-order valence-electron chi connectivity index (χ0n) is 13.3. The van der Waals surface area contributed by atoms with Gasteiger partial charge in [0.05, 0.1) is 4.91 Å². The lowest BCUT2D eigenvalue weighted by atomic mass is 10.0. The molecule has 0 atom stereocenters. The summed E-state index contributed by atoms with van der Waals surface area (Å²) in [4.78, 5) is 15.1. The molecule has 2 aliphatic heterocycles. The number of hydrogen-bond acceptors (Lipinski definition) is 5. The summed E-state index contributed by atoms with van der Waals surface area (Å²) < 4.78 is 11.4. The highest BCUT2D eigenvalue weighted by molar-refractivity contribution is 8.26. The lowest BCUT2D eigenvalue weighted by molar-refractivity contribution is -0.122. The Bertz CT molecular complexity index is 710. The number of nitrogens with zero attached hydrogens (tertiary/aromatic N) is 1. The lowest BCUT2D eigenvalue weighted by Crippen LogP contribution is -2.30. The van der Waals surface area contributed by atoms with Crippen LogP contribution in [-0.4, -0.2) is 28.5 Å². The first-order valence-electron chi connectivity index (χ1n) is 8.36. The van der Waals surface area contributed by atoms with Crippen molar-refractivity contribution in [2.24, 2.45) is 5.92 Å². The van der Waals surface area contributed by atoms with Gasteiger partial charge >= 0.3 is 0 Å². The molecule has 3 aliphatic rings. The maximum absolute atomic E-state index is 12.7. The molecule has 1 saturated carbocycles. The normalized spacial score (nSPS) is 22.2. The summed E-state index contributed by atoms with van der Waals surface area (Å²) in [5.74, 6) is 2.25. The Morgan fingerprint density at radius 1 is 1.25 bits per heavy atom. The third-order valence-electron chi connectivity index (χ3n) is 4.80. The zero-order chi connectivity index (χ0) is 16.5. The second-order valence-corrected chi connectivity index (χ2v) is 8.06. The number of thiocarbonyl (C=S) groups is 1. The summed E-state index contributed by atoms with van der Waals surface area (Å²) in [5, 5.41) is 0. The highest BCUT2D eigenvalue weighted by Crippen LogP contribution is 2.37. The number of hydrogen-bond donors (Lipinski definition) is 0. The van der Waals surface area contributed by atoms with Crippen molar-refractivity contribution in [1.29, 1.82) is 0 Å². The first-order valence-corrected chi connectivity index (χ1v) is 9.58. The largest absolute Gasteiger partial charge is 0.454 e. The van der Waals surface area contributed by atoms with Crippen LogP contribution in [0.3, 0.4) is 0 Å². The molecular formula is C18H19NO3S2. The fraction of sp³-hybridized carbons (Fsp3) is 0.444. The SMILES string of the molecule is O=C1C(=Cc2ccc3c(c2)OCO3)SC(=S)N1CCC1CCCC1. The molecule has 6 heteroatoms. The van der Waals surface area contributed by atoms with E-state index in [1.165, 1.54) is 37.4 Å². The van der Waals surface area contributed by atoms with E-state index < -0.39 is 0 Å². The van der Waals surface area contributed by atoms with Gasteiger partial charge in [0.1, 0.15) is 4.32 Å². The minimum absolute atomic E-state index is 0.0284. The van der Waals surface area contributed by atoms with Gasteiger partial charge in [-0.25, -0.2) is 0 Å². The van der Waals surface area contributed by atoms with Crippen LogP contribution in [-0.2, 0) is 4.79 Å². The lowest BCUT2D eigenvalue weighted by Gasteiger charge is -2.17. The molecule has 1 saturated heterocycles. The fourth-order valence-corrected chi connectivity index (χ4v) is 4.77. The van der Waals surface area contributed by atoms with Crippen LogP contribution in [0.15, 0.2) is 23.1 Å². The molecule has 4 nitrogen and oxygen atoms in total. The molecule has 0 N–H and O–H groups in total. The van der Waals surface area contributed by atoms with Crippen molar-refractivity contribution in [1.82, 2.24) is 4.90 Å². The third kappa shape index (κ3) is 3.17. The van der Waals surface area contributed by atoms with E-state index in [4.69, 9.17) is 21.7 Å². The van der Waals surface area contributed by atoms with Crippen LogP contribution in [0.4, 0.5) is 0 Å². The van der Waals surface area contributed by atoms with Crippen LogP contribution < -0.4 is 9.47 Å². The van der Waals surface area contributed by atoms with Gasteiger partial charge in [0.15, 0.2) is 11.5 Å². The molecule has 1 amide bonds. The minimum Gasteiger partial charge on any atom is -0.454 e. The maximum Gasteiger partial charge on any atom is 0.266 e. The van der Waals surface area contributed by atoms with E-state index in [2.05, 4.69) is 0 Å². The Morgan fingerprint density at radius 2 is 2.04 bits per heavy atom. The van der Waals surface area contributed by atoms with E-state index in [9.17, 15) is 4.79 Å². The number of thioether (sulfide) groups is 1. The summed E-state index contributed by atoms with van der Waals surface area (Å²) in [5.41, 5.74) is 0.926. The number of amides is 1. The highest BCUT2D eigenvalue weighted by Gasteiger charge is 2.32. The van der Waals surface area contributed by atoms with Gasteiger partial charge in [-0.2, -0.15) is 0 Å². The van der Waals surface area contributed by atoms with Gasteiger partial charge in [0, 0.05) is 6.54 Å². The predicted octanol–water partition coefficient (Wildman–Crippen LogP) is 4.20. The summed E-state index contributed by atoms with van der Waals surface area (Å²) in [6, 6.07) is 5.70. The second kappa shape index (κ2) is 6.76.